The average Bonchev–Trinajstić information content (AvgIpc) is 2.80. The number of nitrogens with zero attached hydrogens (tertiary/aromatic N) is 1. The van der Waals surface area contributed by atoms with Crippen molar-refractivity contribution in [1.82, 2.24) is 4.31 Å². The van der Waals surface area contributed by atoms with E-state index in [4.69, 9.17) is 0 Å². The van der Waals surface area contributed by atoms with E-state index in [0.29, 0.717) is 31.3 Å². The van der Waals surface area contributed by atoms with Gasteiger partial charge in [0, 0.05) is 20.0 Å². The van der Waals surface area contributed by atoms with Crippen molar-refractivity contribution < 1.29 is 18.3 Å². The maximum atomic E-state index is 13.9. The van der Waals surface area contributed by atoms with Gasteiger partial charge < -0.3 is 10.4 Å². The minimum atomic E-state index is -3.98. The molecule has 37 heavy (non-hydrogen) atoms. The fourth-order valence-corrected chi connectivity index (χ4v) is 6.39. The number of carbonyl (C=O) groups excluding carboxylic acids is 1. The van der Waals surface area contributed by atoms with Crippen LogP contribution in [0.25, 0.3) is 0 Å². The molecule has 0 aromatic heterocycles. The highest BCUT2D eigenvalue weighted by Crippen LogP contribution is 2.37. The molecule has 0 aliphatic heterocycles. The van der Waals surface area contributed by atoms with Crippen LogP contribution in [0.4, 0.5) is 5.69 Å². The van der Waals surface area contributed by atoms with Gasteiger partial charge in [-0.25, -0.2) is 8.42 Å². The van der Waals surface area contributed by atoms with E-state index in [1.807, 2.05) is 13.8 Å². The van der Waals surface area contributed by atoms with Crippen LogP contribution in [0.15, 0.2) is 29.2 Å². The zero-order valence-corrected chi connectivity index (χ0v) is 24.8. The first-order valence-corrected chi connectivity index (χ1v) is 15.0. The van der Waals surface area contributed by atoms with Crippen LogP contribution in [0.2, 0.25) is 0 Å². The quantitative estimate of drug-likeness (QED) is 0.271. The molecule has 6 nitrogen and oxygen atoms in total. The van der Waals surface area contributed by atoms with Crippen molar-refractivity contribution in [3.05, 3.63) is 52.1 Å². The molecular weight excluding hydrogens is 484 g/mol. The molecule has 2 aromatic carbocycles. The third-order valence-corrected chi connectivity index (χ3v) is 8.59. The maximum absolute atomic E-state index is 13.9. The van der Waals surface area contributed by atoms with Crippen molar-refractivity contribution in [3.63, 3.8) is 0 Å². The van der Waals surface area contributed by atoms with Crippen molar-refractivity contribution in [2.45, 2.75) is 104 Å². The zero-order valence-electron chi connectivity index (χ0n) is 23.9. The lowest BCUT2D eigenvalue weighted by atomic mass is 9.84. The second-order valence-corrected chi connectivity index (χ2v) is 12.6. The maximum Gasteiger partial charge on any atom is 0.246 e. The SMILES string of the molecule is CCCCN(CCCC)S(=O)(=O)c1cc(Cc2c(C(C)C)cc(C)cc2C(C)C)cc(NC(C)=O)c1O. The molecule has 2 N–H and O–H groups in total. The van der Waals surface area contributed by atoms with Crippen LogP contribution in [0.5, 0.6) is 5.75 Å². The van der Waals surface area contributed by atoms with Gasteiger partial charge >= 0.3 is 0 Å². The van der Waals surface area contributed by atoms with Gasteiger partial charge in [-0.05, 0) is 72.4 Å². The number of unbranched alkanes of at least 4 members (excludes halogenated alkanes) is 2. The Labute approximate surface area is 224 Å². The lowest BCUT2D eigenvalue weighted by Crippen LogP contribution is -2.33. The topological polar surface area (TPSA) is 86.7 Å². The van der Waals surface area contributed by atoms with E-state index in [1.165, 1.54) is 33.5 Å². The fourth-order valence-electron chi connectivity index (χ4n) is 4.72. The molecule has 0 atom stereocenters. The number of phenols is 1. The van der Waals surface area contributed by atoms with Crippen LogP contribution >= 0.6 is 0 Å². The van der Waals surface area contributed by atoms with E-state index >= 15 is 0 Å². The number of aromatic hydroxyl groups is 1. The first-order valence-electron chi connectivity index (χ1n) is 13.6. The van der Waals surface area contributed by atoms with Gasteiger partial charge in [0.05, 0.1) is 5.69 Å². The lowest BCUT2D eigenvalue weighted by molar-refractivity contribution is -0.114. The van der Waals surface area contributed by atoms with Gasteiger partial charge in [0.1, 0.15) is 4.90 Å². The Morgan fingerprint density at radius 2 is 1.46 bits per heavy atom. The number of amides is 1. The average molecular weight is 531 g/mol. The van der Waals surface area contributed by atoms with E-state index in [2.05, 4.69) is 52.1 Å². The fraction of sp³-hybridized carbons (Fsp3) is 0.567. The molecule has 2 aromatic rings. The highest BCUT2D eigenvalue weighted by molar-refractivity contribution is 7.89. The molecule has 0 bridgehead atoms. The second kappa shape index (κ2) is 13.4. The van der Waals surface area contributed by atoms with Crippen LogP contribution in [0.1, 0.15) is 114 Å². The largest absolute Gasteiger partial charge is 0.504 e. The Kier molecular flexibility index (Phi) is 11.2. The van der Waals surface area contributed by atoms with Gasteiger partial charge in [-0.15, -0.1) is 0 Å². The van der Waals surface area contributed by atoms with Crippen molar-refractivity contribution in [1.29, 1.82) is 0 Å². The zero-order chi connectivity index (χ0) is 27.9. The molecule has 2 rings (SSSR count). The molecule has 0 heterocycles. The van der Waals surface area contributed by atoms with E-state index in [0.717, 1.165) is 31.2 Å². The molecule has 0 radical (unpaired) electrons. The van der Waals surface area contributed by atoms with Gasteiger partial charge in [-0.1, -0.05) is 72.1 Å². The molecule has 7 heteroatoms. The van der Waals surface area contributed by atoms with Gasteiger partial charge in [0.2, 0.25) is 15.9 Å². The third-order valence-electron chi connectivity index (χ3n) is 6.67. The number of sulfonamides is 1. The summed E-state index contributed by atoms with van der Waals surface area (Å²) < 4.78 is 29.2. The summed E-state index contributed by atoms with van der Waals surface area (Å²) in [7, 11) is -3.98. The molecule has 0 aliphatic rings. The highest BCUT2D eigenvalue weighted by atomic mass is 32.2. The first kappa shape index (κ1) is 30.8. The summed E-state index contributed by atoms with van der Waals surface area (Å²) in [5.41, 5.74) is 5.70. The number of anilines is 1. The molecule has 0 aliphatic carbocycles. The van der Waals surface area contributed by atoms with Crippen molar-refractivity contribution >= 4 is 21.6 Å². The smallest absolute Gasteiger partial charge is 0.246 e. The summed E-state index contributed by atoms with van der Waals surface area (Å²) in [6, 6.07) is 7.70. The predicted octanol–water partition coefficient (Wildman–Crippen LogP) is 7.09. The number of phenolic OH excluding ortho intramolecular Hbond substituents is 1. The lowest BCUT2D eigenvalue weighted by Gasteiger charge is -2.24. The first-order chi connectivity index (χ1) is 17.3. The van der Waals surface area contributed by atoms with Gasteiger partial charge in [0.25, 0.3) is 0 Å². The standard InChI is InChI=1S/C30H46N2O4S/c1-9-11-13-32(14-12-10-2)37(35,36)29-19-24(18-28(30(29)34)31-23(8)33)17-27-25(20(3)4)15-22(7)16-26(27)21(5)6/h15-16,18-21,34H,9-14,17H2,1-8H3,(H,31,33). The number of aryl methyl sites for hydroxylation is 1. The second-order valence-electron chi connectivity index (χ2n) is 10.7. The number of hydrogen-bond donors (Lipinski definition) is 2. The van der Waals surface area contributed by atoms with E-state index < -0.39 is 15.8 Å². The van der Waals surface area contributed by atoms with E-state index in [-0.39, 0.29) is 16.5 Å². The summed E-state index contributed by atoms with van der Waals surface area (Å²) >= 11 is 0. The van der Waals surface area contributed by atoms with Crippen molar-refractivity contribution in [2.24, 2.45) is 0 Å². The summed E-state index contributed by atoms with van der Waals surface area (Å²) in [6.07, 6.45) is 3.71. The highest BCUT2D eigenvalue weighted by Gasteiger charge is 2.29. The van der Waals surface area contributed by atoms with Gasteiger partial charge in [0.15, 0.2) is 5.75 Å². The van der Waals surface area contributed by atoms with Crippen LogP contribution in [0, 0.1) is 6.92 Å². The Bertz CT molecular complexity index is 1150. The van der Waals surface area contributed by atoms with E-state index in [1.54, 1.807) is 12.1 Å². The Morgan fingerprint density at radius 3 is 1.89 bits per heavy atom. The summed E-state index contributed by atoms with van der Waals surface area (Å²) in [5.74, 6) is -0.193. The monoisotopic (exact) mass is 530 g/mol. The Morgan fingerprint density at radius 1 is 0.946 bits per heavy atom. The molecule has 1 amide bonds. The predicted molar refractivity (Wildman–Crippen MR) is 153 cm³/mol. The normalized spacial score (nSPS) is 12.1. The molecule has 206 valence electrons. The molecular formula is C30H46N2O4S. The molecule has 0 fully saturated rings. The number of hydrogen-bond acceptors (Lipinski definition) is 4. The number of nitrogens with one attached hydrogen (secondary N) is 1. The van der Waals surface area contributed by atoms with Gasteiger partial charge in [-0.2, -0.15) is 4.31 Å². The molecule has 0 unspecified atom stereocenters. The van der Waals surface area contributed by atoms with Crippen molar-refractivity contribution in [3.8, 4) is 5.75 Å². The van der Waals surface area contributed by atoms with Gasteiger partial charge in [-0.3, -0.25) is 4.79 Å². The van der Waals surface area contributed by atoms with Crippen LogP contribution in [-0.4, -0.2) is 36.8 Å². The molecule has 0 saturated carbocycles. The van der Waals surface area contributed by atoms with Crippen LogP contribution in [0.3, 0.4) is 0 Å². The van der Waals surface area contributed by atoms with Crippen LogP contribution < -0.4 is 5.32 Å². The van der Waals surface area contributed by atoms with E-state index in [9.17, 15) is 18.3 Å². The minimum Gasteiger partial charge on any atom is -0.504 e. The Balaban J connectivity index is 2.75. The summed E-state index contributed by atoms with van der Waals surface area (Å²) in [6.45, 7) is 16.9. The molecule has 0 spiro atoms. The Hall–Kier alpha value is -2.38. The van der Waals surface area contributed by atoms with Crippen molar-refractivity contribution in [2.75, 3.05) is 18.4 Å². The minimum absolute atomic E-state index is 0.124. The summed E-state index contributed by atoms with van der Waals surface area (Å²) in [5, 5.41) is 13.7. The number of rotatable bonds is 13. The number of benzene rings is 2. The third kappa shape index (κ3) is 7.81. The van der Waals surface area contributed by atoms with Crippen LogP contribution in [-0.2, 0) is 21.2 Å². The number of carbonyl (C=O) groups is 1. The molecule has 0 saturated heterocycles. The summed E-state index contributed by atoms with van der Waals surface area (Å²) in [4.78, 5) is 11.8.